The van der Waals surface area contributed by atoms with Crippen molar-refractivity contribution < 1.29 is 8.83 Å². The van der Waals surface area contributed by atoms with Crippen LogP contribution in [0.3, 0.4) is 0 Å². The first-order valence-corrected chi connectivity index (χ1v) is 15.6. The smallest absolute Gasteiger partial charge is 0.164 e. The fourth-order valence-electron chi connectivity index (χ4n) is 6.74. The molecule has 0 bridgehead atoms. The molecule has 3 heterocycles. The van der Waals surface area contributed by atoms with Gasteiger partial charge < -0.3 is 8.83 Å². The summed E-state index contributed by atoms with van der Waals surface area (Å²) in [5.74, 6) is 2.45. The second-order valence-corrected chi connectivity index (χ2v) is 12.0. The van der Waals surface area contributed by atoms with Crippen LogP contribution in [-0.2, 0) is 0 Å². The first kappa shape index (κ1) is 25.9. The van der Waals surface area contributed by atoms with E-state index >= 15 is 0 Å². The molecule has 0 spiro atoms. The van der Waals surface area contributed by atoms with E-state index in [1.807, 2.05) is 48.5 Å². The maximum absolute atomic E-state index is 6.46. The average Bonchev–Trinajstić information content (AvgIpc) is 3.66. The summed E-state index contributed by atoms with van der Waals surface area (Å²) in [5.41, 5.74) is 8.72. The van der Waals surface area contributed by atoms with Crippen molar-refractivity contribution in [1.29, 1.82) is 0 Å². The summed E-state index contributed by atoms with van der Waals surface area (Å²) in [6, 6.07) is 26.8. The van der Waals surface area contributed by atoms with Gasteiger partial charge in [0.1, 0.15) is 22.3 Å². The molecular formula is C40H29N3O2. The first-order chi connectivity index (χ1) is 22.2. The standard InChI is InChI=1S/C40H29N3O2/c1-24-10-7-13-26(22-24)28-15-8-18-34-36(28)37-30(16-9-19-35(37)45-34)40-42-38(25-11-3-2-4-12-25)41-39(43-40)27-20-21-33-31(23-27)29-14-5-6-17-32(29)44-33/h2-3,5-9,11,13-24H,4,10,12H2,1H3. The Bertz CT molecular complexity index is 2440. The third-order valence-electron chi connectivity index (χ3n) is 8.91. The van der Waals surface area contributed by atoms with Crippen molar-refractivity contribution in [2.24, 2.45) is 5.92 Å². The van der Waals surface area contributed by atoms with Crippen LogP contribution in [0.15, 0.2) is 124 Å². The number of allylic oxidation sites excluding steroid dienone is 8. The number of benzene rings is 4. The molecule has 5 nitrogen and oxygen atoms in total. The molecule has 0 radical (unpaired) electrons. The lowest BCUT2D eigenvalue weighted by Crippen LogP contribution is -2.04. The molecule has 9 rings (SSSR count). The van der Waals surface area contributed by atoms with Gasteiger partial charge in [-0.2, -0.15) is 0 Å². The highest BCUT2D eigenvalue weighted by Crippen LogP contribution is 2.41. The SMILES string of the molecule is CC1C=C(c2cccc3oc4cccc(-c5nc(C6=CC=CCC6)nc(-c6ccc7oc8ccccc8c7c6)n5)c4c23)C=CC1. The molecule has 2 aliphatic carbocycles. The van der Waals surface area contributed by atoms with E-state index in [2.05, 4.69) is 73.7 Å². The van der Waals surface area contributed by atoms with E-state index in [1.54, 1.807) is 0 Å². The number of hydrogen-bond donors (Lipinski definition) is 0. The van der Waals surface area contributed by atoms with Crippen LogP contribution in [0, 0.1) is 5.92 Å². The van der Waals surface area contributed by atoms with Crippen molar-refractivity contribution in [1.82, 2.24) is 15.0 Å². The average molecular weight is 584 g/mol. The molecular weight excluding hydrogens is 554 g/mol. The van der Waals surface area contributed by atoms with E-state index in [4.69, 9.17) is 23.8 Å². The Labute approximate surface area is 259 Å². The normalized spacial score (nSPS) is 16.6. The molecule has 0 fully saturated rings. The molecule has 4 aromatic carbocycles. The Morgan fingerprint density at radius 3 is 2.24 bits per heavy atom. The summed E-state index contributed by atoms with van der Waals surface area (Å²) < 4.78 is 12.6. The molecule has 216 valence electrons. The van der Waals surface area contributed by atoms with E-state index in [0.29, 0.717) is 23.4 Å². The van der Waals surface area contributed by atoms with Gasteiger partial charge in [0.05, 0.1) is 0 Å². The fraction of sp³-hybridized carbons (Fsp3) is 0.125. The van der Waals surface area contributed by atoms with Gasteiger partial charge in [-0.15, -0.1) is 0 Å². The van der Waals surface area contributed by atoms with Crippen LogP contribution in [0.1, 0.15) is 37.6 Å². The van der Waals surface area contributed by atoms with Gasteiger partial charge in [-0.25, -0.2) is 15.0 Å². The molecule has 0 amide bonds. The van der Waals surface area contributed by atoms with E-state index in [0.717, 1.165) is 85.4 Å². The lowest BCUT2D eigenvalue weighted by atomic mass is 9.90. The fourth-order valence-corrected chi connectivity index (χ4v) is 6.74. The van der Waals surface area contributed by atoms with Gasteiger partial charge in [-0.05, 0) is 78.3 Å². The molecule has 3 aromatic heterocycles. The number of aromatic nitrogens is 3. The van der Waals surface area contributed by atoms with E-state index in [9.17, 15) is 0 Å². The van der Waals surface area contributed by atoms with Crippen molar-refractivity contribution in [3.05, 3.63) is 127 Å². The highest BCUT2D eigenvalue weighted by atomic mass is 16.3. The molecule has 0 saturated heterocycles. The summed E-state index contributed by atoms with van der Waals surface area (Å²) in [6.07, 6.45) is 16.1. The quantitative estimate of drug-likeness (QED) is 0.206. The van der Waals surface area contributed by atoms with Crippen LogP contribution < -0.4 is 0 Å². The van der Waals surface area contributed by atoms with Crippen LogP contribution in [-0.4, -0.2) is 15.0 Å². The molecule has 0 saturated carbocycles. The minimum Gasteiger partial charge on any atom is -0.456 e. The van der Waals surface area contributed by atoms with Crippen molar-refractivity contribution in [3.63, 3.8) is 0 Å². The van der Waals surface area contributed by atoms with Gasteiger partial charge >= 0.3 is 0 Å². The number of nitrogens with zero attached hydrogens (tertiary/aromatic N) is 3. The van der Waals surface area contributed by atoms with Crippen molar-refractivity contribution in [2.45, 2.75) is 26.2 Å². The lowest BCUT2D eigenvalue weighted by Gasteiger charge is -2.14. The van der Waals surface area contributed by atoms with Gasteiger partial charge in [0, 0.05) is 32.7 Å². The zero-order valence-electron chi connectivity index (χ0n) is 24.8. The third-order valence-corrected chi connectivity index (χ3v) is 8.91. The van der Waals surface area contributed by atoms with E-state index < -0.39 is 0 Å². The van der Waals surface area contributed by atoms with Gasteiger partial charge in [0.25, 0.3) is 0 Å². The Hall–Kier alpha value is -5.55. The lowest BCUT2D eigenvalue weighted by molar-refractivity contribution is 0.668. The Kier molecular flexibility index (Phi) is 5.91. The summed E-state index contributed by atoms with van der Waals surface area (Å²) in [7, 11) is 0. The molecule has 1 unspecified atom stereocenters. The minimum absolute atomic E-state index is 0.481. The zero-order valence-corrected chi connectivity index (χ0v) is 24.8. The molecule has 2 aliphatic rings. The van der Waals surface area contributed by atoms with Gasteiger partial charge in [0.15, 0.2) is 17.5 Å². The second kappa shape index (κ2) is 10.3. The number of para-hydroxylation sites is 1. The van der Waals surface area contributed by atoms with E-state index in [-0.39, 0.29) is 0 Å². The summed E-state index contributed by atoms with van der Waals surface area (Å²) in [4.78, 5) is 15.4. The summed E-state index contributed by atoms with van der Waals surface area (Å²) in [6.45, 7) is 2.26. The third kappa shape index (κ3) is 4.34. The van der Waals surface area contributed by atoms with Gasteiger partial charge in [-0.1, -0.05) is 85.8 Å². The number of rotatable bonds is 4. The number of fused-ring (bicyclic) bond motifs is 6. The maximum Gasteiger partial charge on any atom is 0.164 e. The molecule has 45 heavy (non-hydrogen) atoms. The molecule has 0 aliphatic heterocycles. The Morgan fingerprint density at radius 2 is 1.40 bits per heavy atom. The van der Waals surface area contributed by atoms with E-state index in [1.165, 1.54) is 5.57 Å². The molecule has 0 N–H and O–H groups in total. The first-order valence-electron chi connectivity index (χ1n) is 15.6. The molecule has 7 aromatic rings. The van der Waals surface area contributed by atoms with Crippen molar-refractivity contribution >= 4 is 55.0 Å². The number of furan rings is 2. The molecule has 1 atom stereocenters. The van der Waals surface area contributed by atoms with Crippen LogP contribution in [0.2, 0.25) is 0 Å². The van der Waals surface area contributed by atoms with Crippen molar-refractivity contribution in [2.75, 3.05) is 0 Å². The Balaban J connectivity index is 1.30. The van der Waals surface area contributed by atoms with Gasteiger partial charge in [-0.3, -0.25) is 0 Å². The minimum atomic E-state index is 0.481. The second-order valence-electron chi connectivity index (χ2n) is 12.0. The maximum atomic E-state index is 6.46. The van der Waals surface area contributed by atoms with Crippen LogP contribution >= 0.6 is 0 Å². The number of hydrogen-bond acceptors (Lipinski definition) is 5. The Morgan fingerprint density at radius 1 is 0.667 bits per heavy atom. The van der Waals surface area contributed by atoms with Crippen molar-refractivity contribution in [3.8, 4) is 22.8 Å². The highest BCUT2D eigenvalue weighted by Gasteiger charge is 2.21. The predicted molar refractivity (Wildman–Crippen MR) is 183 cm³/mol. The topological polar surface area (TPSA) is 65.0 Å². The van der Waals surface area contributed by atoms with Crippen LogP contribution in [0.25, 0.3) is 77.8 Å². The van der Waals surface area contributed by atoms with Crippen LogP contribution in [0.5, 0.6) is 0 Å². The zero-order chi connectivity index (χ0) is 29.9. The summed E-state index contributed by atoms with van der Waals surface area (Å²) >= 11 is 0. The molecule has 5 heteroatoms. The predicted octanol–water partition coefficient (Wildman–Crippen LogP) is 10.7. The summed E-state index contributed by atoms with van der Waals surface area (Å²) in [5, 5.41) is 4.23. The monoisotopic (exact) mass is 583 g/mol. The van der Waals surface area contributed by atoms with Crippen LogP contribution in [0.4, 0.5) is 0 Å². The largest absolute Gasteiger partial charge is 0.456 e. The van der Waals surface area contributed by atoms with Gasteiger partial charge in [0.2, 0.25) is 0 Å². The highest BCUT2D eigenvalue weighted by molar-refractivity contribution is 6.16.